The van der Waals surface area contributed by atoms with E-state index < -0.39 is 11.1 Å². The van der Waals surface area contributed by atoms with E-state index in [2.05, 4.69) is 5.32 Å². The van der Waals surface area contributed by atoms with Crippen LogP contribution in [0.2, 0.25) is 0 Å². The van der Waals surface area contributed by atoms with Crippen LogP contribution in [0.1, 0.15) is 27.7 Å². The summed E-state index contributed by atoms with van der Waals surface area (Å²) in [5, 5.41) is 2.62. The molecular weight excluding hydrogens is 182 g/mol. The molecule has 0 unspecified atom stereocenters. The molecule has 1 heterocycles. The smallest absolute Gasteiger partial charge is 0.325 e. The number of nitrogens with two attached hydrogens (primary N) is 1. The minimum Gasteiger partial charge on any atom is -0.328 e. The van der Waals surface area contributed by atoms with Gasteiger partial charge >= 0.3 is 6.03 Å². The summed E-state index contributed by atoms with van der Waals surface area (Å²) in [5.41, 5.74) is 4.08. The SMILES string of the molecule is CC1(C)NC(=O)N(C(C)(C)CN)C1=O. The molecule has 14 heavy (non-hydrogen) atoms. The predicted molar refractivity (Wildman–Crippen MR) is 52.6 cm³/mol. The lowest BCUT2D eigenvalue weighted by Gasteiger charge is -2.32. The minimum absolute atomic E-state index is 0.224. The van der Waals surface area contributed by atoms with Crippen LogP contribution in [0.15, 0.2) is 0 Å². The van der Waals surface area contributed by atoms with E-state index in [1.54, 1.807) is 27.7 Å². The third kappa shape index (κ3) is 1.48. The lowest BCUT2D eigenvalue weighted by Crippen LogP contribution is -2.53. The first-order valence-electron chi connectivity index (χ1n) is 4.59. The number of nitrogens with zero attached hydrogens (tertiary/aromatic N) is 1. The van der Waals surface area contributed by atoms with Crippen molar-refractivity contribution >= 4 is 11.9 Å². The summed E-state index contributed by atoms with van der Waals surface area (Å²) in [5.74, 6) is -0.224. The van der Waals surface area contributed by atoms with E-state index >= 15 is 0 Å². The number of carbonyl (C=O) groups excluding carboxylic acids is 2. The van der Waals surface area contributed by atoms with Crippen molar-refractivity contribution in [3.63, 3.8) is 0 Å². The van der Waals surface area contributed by atoms with Crippen molar-refractivity contribution in [1.82, 2.24) is 10.2 Å². The van der Waals surface area contributed by atoms with E-state index in [-0.39, 0.29) is 18.5 Å². The normalized spacial score (nSPS) is 21.4. The first-order chi connectivity index (χ1) is 6.22. The standard InChI is InChI=1S/C9H17N3O2/c1-8(2,5-10)12-6(13)9(3,4)11-7(12)14/h5,10H2,1-4H3,(H,11,14). The van der Waals surface area contributed by atoms with Crippen LogP contribution in [0.4, 0.5) is 4.79 Å². The lowest BCUT2D eigenvalue weighted by molar-refractivity contribution is -0.133. The number of imide groups is 1. The average molecular weight is 199 g/mol. The molecule has 0 radical (unpaired) electrons. The molecule has 0 aromatic rings. The Morgan fingerprint density at radius 1 is 1.43 bits per heavy atom. The summed E-state index contributed by atoms with van der Waals surface area (Å²) in [6.07, 6.45) is 0. The number of hydrogen-bond acceptors (Lipinski definition) is 3. The number of carbonyl (C=O) groups is 2. The minimum atomic E-state index is -0.816. The van der Waals surface area contributed by atoms with Crippen LogP contribution in [-0.2, 0) is 4.79 Å². The van der Waals surface area contributed by atoms with Crippen LogP contribution in [-0.4, -0.2) is 34.5 Å². The molecule has 0 aliphatic carbocycles. The summed E-state index contributed by atoms with van der Waals surface area (Å²) in [6.45, 7) is 7.15. The van der Waals surface area contributed by atoms with Gasteiger partial charge in [0, 0.05) is 6.54 Å². The van der Waals surface area contributed by atoms with Gasteiger partial charge < -0.3 is 11.1 Å². The number of urea groups is 1. The van der Waals surface area contributed by atoms with Gasteiger partial charge in [-0.3, -0.25) is 9.69 Å². The van der Waals surface area contributed by atoms with Gasteiger partial charge in [-0.2, -0.15) is 0 Å². The zero-order chi connectivity index (χ0) is 11.1. The van der Waals surface area contributed by atoms with E-state index in [0.717, 1.165) is 0 Å². The fourth-order valence-corrected chi connectivity index (χ4v) is 1.39. The van der Waals surface area contributed by atoms with Crippen LogP contribution in [0, 0.1) is 0 Å². The van der Waals surface area contributed by atoms with Gasteiger partial charge in [0.2, 0.25) is 0 Å². The van der Waals surface area contributed by atoms with Gasteiger partial charge in [0.1, 0.15) is 5.54 Å². The van der Waals surface area contributed by atoms with E-state index in [1.807, 2.05) is 0 Å². The summed E-state index contributed by atoms with van der Waals surface area (Å²) in [4.78, 5) is 24.6. The third-order valence-electron chi connectivity index (χ3n) is 2.47. The second-order valence-electron chi connectivity index (χ2n) is 4.71. The number of rotatable bonds is 2. The van der Waals surface area contributed by atoms with Crippen molar-refractivity contribution < 1.29 is 9.59 Å². The number of nitrogens with one attached hydrogen (secondary N) is 1. The summed E-state index contributed by atoms with van der Waals surface area (Å²) in [7, 11) is 0. The first kappa shape index (κ1) is 11.0. The van der Waals surface area contributed by atoms with Crippen molar-refractivity contribution in [1.29, 1.82) is 0 Å². The van der Waals surface area contributed by atoms with E-state index in [4.69, 9.17) is 5.73 Å². The maximum atomic E-state index is 11.8. The van der Waals surface area contributed by atoms with Crippen LogP contribution in [0.25, 0.3) is 0 Å². The van der Waals surface area contributed by atoms with Gasteiger partial charge in [-0.15, -0.1) is 0 Å². The predicted octanol–water partition coefficient (Wildman–Crippen LogP) is 0.0541. The fourth-order valence-electron chi connectivity index (χ4n) is 1.39. The van der Waals surface area contributed by atoms with Gasteiger partial charge in [0.25, 0.3) is 5.91 Å². The average Bonchev–Trinajstić information content (AvgIpc) is 2.22. The molecule has 0 aromatic carbocycles. The van der Waals surface area contributed by atoms with Crippen LogP contribution in [0.5, 0.6) is 0 Å². The number of hydrogen-bond donors (Lipinski definition) is 2. The van der Waals surface area contributed by atoms with Crippen molar-refractivity contribution in [2.24, 2.45) is 5.73 Å². The molecule has 5 nitrogen and oxygen atoms in total. The Morgan fingerprint density at radius 2 is 1.93 bits per heavy atom. The summed E-state index contributed by atoms with van der Waals surface area (Å²) in [6, 6.07) is -0.365. The molecule has 1 rings (SSSR count). The quantitative estimate of drug-likeness (QED) is 0.617. The van der Waals surface area contributed by atoms with E-state index in [1.165, 1.54) is 4.90 Å². The zero-order valence-electron chi connectivity index (χ0n) is 9.05. The maximum absolute atomic E-state index is 11.8. The molecule has 0 bridgehead atoms. The third-order valence-corrected chi connectivity index (χ3v) is 2.47. The van der Waals surface area contributed by atoms with Gasteiger partial charge in [0.15, 0.2) is 0 Å². The Balaban J connectivity index is 3.03. The Hall–Kier alpha value is -1.10. The van der Waals surface area contributed by atoms with Crippen LogP contribution >= 0.6 is 0 Å². The summed E-state index contributed by atoms with van der Waals surface area (Å²) >= 11 is 0. The Bertz CT molecular complexity index is 284. The Morgan fingerprint density at radius 3 is 2.21 bits per heavy atom. The van der Waals surface area contributed by atoms with Crippen molar-refractivity contribution in [2.45, 2.75) is 38.8 Å². The zero-order valence-corrected chi connectivity index (χ0v) is 9.05. The largest absolute Gasteiger partial charge is 0.328 e. The fraction of sp³-hybridized carbons (Fsp3) is 0.778. The molecule has 80 valence electrons. The molecule has 3 amide bonds. The summed E-state index contributed by atoms with van der Waals surface area (Å²) < 4.78 is 0. The molecule has 0 atom stereocenters. The molecule has 1 fully saturated rings. The Kier molecular flexibility index (Phi) is 2.31. The second kappa shape index (κ2) is 2.95. The van der Waals surface area contributed by atoms with Gasteiger partial charge in [-0.1, -0.05) is 0 Å². The monoisotopic (exact) mass is 199 g/mol. The highest BCUT2D eigenvalue weighted by molar-refractivity contribution is 6.07. The second-order valence-corrected chi connectivity index (χ2v) is 4.71. The Labute approximate surface area is 83.6 Å². The van der Waals surface area contributed by atoms with Crippen molar-refractivity contribution in [2.75, 3.05) is 6.54 Å². The molecule has 3 N–H and O–H groups in total. The van der Waals surface area contributed by atoms with Gasteiger partial charge in [-0.05, 0) is 27.7 Å². The highest BCUT2D eigenvalue weighted by Gasteiger charge is 2.49. The van der Waals surface area contributed by atoms with E-state index in [9.17, 15) is 9.59 Å². The molecule has 0 spiro atoms. The molecule has 0 saturated carbocycles. The molecule has 5 heteroatoms. The van der Waals surface area contributed by atoms with Gasteiger partial charge in [-0.25, -0.2) is 4.79 Å². The van der Waals surface area contributed by atoms with Crippen LogP contribution in [0.3, 0.4) is 0 Å². The van der Waals surface area contributed by atoms with E-state index in [0.29, 0.717) is 0 Å². The highest BCUT2D eigenvalue weighted by atomic mass is 16.2. The molecule has 0 aromatic heterocycles. The highest BCUT2D eigenvalue weighted by Crippen LogP contribution is 2.24. The first-order valence-corrected chi connectivity index (χ1v) is 4.59. The number of amides is 3. The molecule has 1 aliphatic rings. The van der Waals surface area contributed by atoms with Gasteiger partial charge in [0.05, 0.1) is 5.54 Å². The lowest BCUT2D eigenvalue weighted by atomic mass is 10.0. The van der Waals surface area contributed by atoms with Crippen molar-refractivity contribution in [3.8, 4) is 0 Å². The maximum Gasteiger partial charge on any atom is 0.325 e. The molecular formula is C9H17N3O2. The van der Waals surface area contributed by atoms with Crippen molar-refractivity contribution in [3.05, 3.63) is 0 Å². The van der Waals surface area contributed by atoms with Crippen LogP contribution < -0.4 is 11.1 Å². The topological polar surface area (TPSA) is 75.4 Å². The molecule has 1 aliphatic heterocycles. The molecule has 1 saturated heterocycles.